The lowest BCUT2D eigenvalue weighted by molar-refractivity contribution is 0.0787. The van der Waals surface area contributed by atoms with Crippen molar-refractivity contribution in [3.05, 3.63) is 29.8 Å². The zero-order valence-corrected chi connectivity index (χ0v) is 17.2. The molecule has 150 valence electrons. The van der Waals surface area contributed by atoms with Crippen LogP contribution in [-0.2, 0) is 10.0 Å². The smallest absolute Gasteiger partial charge is 0.253 e. The maximum absolute atomic E-state index is 12.9. The number of carbonyl (C=O) groups excluding carboxylic acids is 1. The average Bonchev–Trinajstić information content (AvgIpc) is 3.16. The lowest BCUT2D eigenvalue weighted by Crippen LogP contribution is -2.38. The molecule has 1 aromatic carbocycles. The second-order valence-corrected chi connectivity index (χ2v) is 9.80. The molecule has 1 aliphatic heterocycles. The van der Waals surface area contributed by atoms with Crippen molar-refractivity contribution in [2.75, 3.05) is 33.7 Å². The number of likely N-dealkylation sites (tertiary alicyclic amines) is 1. The summed E-state index contributed by atoms with van der Waals surface area (Å²) in [7, 11) is 0.0856. The lowest BCUT2D eigenvalue weighted by Gasteiger charge is -2.30. The Morgan fingerprint density at radius 1 is 1.15 bits per heavy atom. The van der Waals surface area contributed by atoms with E-state index in [1.54, 1.807) is 31.3 Å². The summed E-state index contributed by atoms with van der Waals surface area (Å²) < 4.78 is 27.3. The van der Waals surface area contributed by atoms with E-state index >= 15 is 0 Å². The summed E-state index contributed by atoms with van der Waals surface area (Å²) >= 11 is 0. The van der Waals surface area contributed by atoms with Crippen LogP contribution in [0.3, 0.4) is 0 Å². The minimum Gasteiger partial charge on any atom is -0.338 e. The average molecular weight is 394 g/mol. The molecule has 1 heterocycles. The molecule has 0 radical (unpaired) electrons. The van der Waals surface area contributed by atoms with Crippen LogP contribution in [0.1, 0.15) is 48.9 Å². The first-order valence-corrected chi connectivity index (χ1v) is 11.4. The van der Waals surface area contributed by atoms with Gasteiger partial charge in [-0.2, -0.15) is 4.31 Å². The highest BCUT2D eigenvalue weighted by molar-refractivity contribution is 7.89. The van der Waals surface area contributed by atoms with E-state index < -0.39 is 10.0 Å². The molecule has 1 saturated heterocycles. The van der Waals surface area contributed by atoms with Gasteiger partial charge in [0.15, 0.2) is 0 Å². The van der Waals surface area contributed by atoms with E-state index in [1.807, 2.05) is 11.9 Å². The quantitative estimate of drug-likeness (QED) is 0.805. The molecule has 1 amide bonds. The topological polar surface area (TPSA) is 69.7 Å². The third-order valence-corrected chi connectivity index (χ3v) is 7.86. The summed E-state index contributed by atoms with van der Waals surface area (Å²) in [5.74, 6) is 0.473. The maximum Gasteiger partial charge on any atom is 0.253 e. The first-order chi connectivity index (χ1) is 12.9. The fraction of sp³-hybridized carbons (Fsp3) is 0.650. The molecule has 1 N–H and O–H groups in total. The minimum atomic E-state index is -3.52. The molecule has 7 heteroatoms. The van der Waals surface area contributed by atoms with Crippen LogP contribution in [0.25, 0.3) is 0 Å². The highest BCUT2D eigenvalue weighted by Crippen LogP contribution is 2.27. The van der Waals surface area contributed by atoms with Gasteiger partial charge in [-0.3, -0.25) is 4.79 Å². The molecule has 1 aliphatic carbocycles. The highest BCUT2D eigenvalue weighted by Gasteiger charge is 2.30. The maximum atomic E-state index is 12.9. The van der Waals surface area contributed by atoms with E-state index in [2.05, 4.69) is 5.32 Å². The van der Waals surface area contributed by atoms with Gasteiger partial charge in [0.1, 0.15) is 0 Å². The summed E-state index contributed by atoms with van der Waals surface area (Å²) in [6, 6.07) is 6.52. The number of nitrogens with zero attached hydrogens (tertiary/aromatic N) is 2. The molecular weight excluding hydrogens is 362 g/mol. The summed E-state index contributed by atoms with van der Waals surface area (Å²) in [6.45, 7) is 2.42. The van der Waals surface area contributed by atoms with Crippen molar-refractivity contribution >= 4 is 15.9 Å². The Morgan fingerprint density at radius 2 is 1.81 bits per heavy atom. The van der Waals surface area contributed by atoms with Gasteiger partial charge < -0.3 is 10.2 Å². The Hall–Kier alpha value is -1.44. The van der Waals surface area contributed by atoms with Gasteiger partial charge in [-0.05, 0) is 63.0 Å². The third-order valence-electron chi connectivity index (χ3n) is 5.93. The Balaban J connectivity index is 1.68. The molecular formula is C20H31N3O3S. The largest absolute Gasteiger partial charge is 0.338 e. The van der Waals surface area contributed by atoms with Crippen LogP contribution >= 0.6 is 0 Å². The molecule has 1 saturated carbocycles. The van der Waals surface area contributed by atoms with E-state index in [0.717, 1.165) is 51.7 Å². The summed E-state index contributed by atoms with van der Waals surface area (Å²) in [6.07, 6.45) is 6.22. The molecule has 1 aromatic rings. The Labute approximate surface area is 163 Å². The number of hydrogen-bond donors (Lipinski definition) is 1. The molecule has 1 unspecified atom stereocenters. The van der Waals surface area contributed by atoms with Crippen molar-refractivity contribution in [3.63, 3.8) is 0 Å². The molecule has 0 spiro atoms. The van der Waals surface area contributed by atoms with Gasteiger partial charge in [0.25, 0.3) is 5.91 Å². The SMILES string of the molecule is CNCC1CCN(C(=O)c2ccc(S(=O)(=O)N(C)C3CCCCC3)cc2)C1. The van der Waals surface area contributed by atoms with E-state index in [4.69, 9.17) is 0 Å². The number of nitrogens with one attached hydrogen (secondary N) is 1. The second-order valence-electron chi connectivity index (χ2n) is 7.80. The van der Waals surface area contributed by atoms with Gasteiger partial charge in [-0.1, -0.05) is 19.3 Å². The van der Waals surface area contributed by atoms with Crippen molar-refractivity contribution < 1.29 is 13.2 Å². The van der Waals surface area contributed by atoms with Gasteiger partial charge in [-0.15, -0.1) is 0 Å². The Bertz CT molecular complexity index is 742. The highest BCUT2D eigenvalue weighted by atomic mass is 32.2. The van der Waals surface area contributed by atoms with Gasteiger partial charge in [0.2, 0.25) is 10.0 Å². The number of rotatable bonds is 6. The van der Waals surface area contributed by atoms with E-state index in [1.165, 1.54) is 10.7 Å². The Morgan fingerprint density at radius 3 is 2.44 bits per heavy atom. The number of amides is 1. The predicted octanol–water partition coefficient (Wildman–Crippen LogP) is 2.32. The lowest BCUT2D eigenvalue weighted by atomic mass is 9.96. The second kappa shape index (κ2) is 8.71. The third kappa shape index (κ3) is 4.52. The Kier molecular flexibility index (Phi) is 6.55. The zero-order valence-electron chi connectivity index (χ0n) is 16.4. The number of hydrogen-bond acceptors (Lipinski definition) is 4. The summed E-state index contributed by atoms with van der Waals surface area (Å²) in [5, 5.41) is 3.16. The zero-order chi connectivity index (χ0) is 19.4. The van der Waals surface area contributed by atoms with Crippen LogP contribution in [-0.4, -0.2) is 63.3 Å². The standard InChI is InChI=1S/C20H31N3O3S/c1-21-14-16-12-13-23(15-16)20(24)17-8-10-19(11-9-17)27(25,26)22(2)18-6-4-3-5-7-18/h8-11,16,18,21H,3-7,12-15H2,1-2H3. The number of sulfonamides is 1. The van der Waals surface area contributed by atoms with Crippen molar-refractivity contribution in [3.8, 4) is 0 Å². The van der Waals surface area contributed by atoms with Gasteiger partial charge in [0, 0.05) is 31.7 Å². The summed E-state index contributed by atoms with van der Waals surface area (Å²) in [5.41, 5.74) is 0.555. The number of benzene rings is 1. The minimum absolute atomic E-state index is 0.0156. The first-order valence-electron chi connectivity index (χ1n) is 9.95. The summed E-state index contributed by atoms with van der Waals surface area (Å²) in [4.78, 5) is 14.8. The van der Waals surface area contributed by atoms with Crippen LogP contribution < -0.4 is 5.32 Å². The van der Waals surface area contributed by atoms with Crippen molar-refractivity contribution in [1.82, 2.24) is 14.5 Å². The molecule has 3 rings (SSSR count). The molecule has 27 heavy (non-hydrogen) atoms. The molecule has 0 aromatic heterocycles. The van der Waals surface area contributed by atoms with Crippen molar-refractivity contribution in [2.45, 2.75) is 49.5 Å². The molecule has 0 bridgehead atoms. The van der Waals surface area contributed by atoms with Crippen LogP contribution in [0.2, 0.25) is 0 Å². The van der Waals surface area contributed by atoms with Crippen molar-refractivity contribution in [2.24, 2.45) is 5.92 Å². The fourth-order valence-corrected chi connectivity index (χ4v) is 5.65. The molecule has 2 aliphatic rings. The van der Waals surface area contributed by atoms with E-state index in [-0.39, 0.29) is 16.8 Å². The fourth-order valence-electron chi connectivity index (χ4n) is 4.23. The normalized spacial score (nSPS) is 21.7. The van der Waals surface area contributed by atoms with Gasteiger partial charge in [0.05, 0.1) is 4.90 Å². The van der Waals surface area contributed by atoms with Gasteiger partial charge in [-0.25, -0.2) is 8.42 Å². The van der Waals surface area contributed by atoms with Crippen LogP contribution in [0.5, 0.6) is 0 Å². The molecule has 1 atom stereocenters. The monoisotopic (exact) mass is 393 g/mol. The first kappa shape index (κ1) is 20.3. The van der Waals surface area contributed by atoms with E-state index in [0.29, 0.717) is 11.5 Å². The van der Waals surface area contributed by atoms with E-state index in [9.17, 15) is 13.2 Å². The van der Waals surface area contributed by atoms with Crippen LogP contribution in [0.4, 0.5) is 0 Å². The number of carbonyl (C=O) groups is 1. The molecule has 2 fully saturated rings. The predicted molar refractivity (Wildman–Crippen MR) is 106 cm³/mol. The molecule has 6 nitrogen and oxygen atoms in total. The van der Waals surface area contributed by atoms with Crippen LogP contribution in [0, 0.1) is 5.92 Å². The van der Waals surface area contributed by atoms with Gasteiger partial charge >= 0.3 is 0 Å². The van der Waals surface area contributed by atoms with Crippen LogP contribution in [0.15, 0.2) is 29.2 Å². The van der Waals surface area contributed by atoms with Crippen molar-refractivity contribution in [1.29, 1.82) is 0 Å².